The third-order valence-corrected chi connectivity index (χ3v) is 6.67. The third-order valence-electron chi connectivity index (χ3n) is 4.74. The van der Waals surface area contributed by atoms with E-state index in [9.17, 15) is 4.79 Å². The van der Waals surface area contributed by atoms with Crippen molar-refractivity contribution in [1.29, 1.82) is 0 Å². The zero-order valence-corrected chi connectivity index (χ0v) is 17.1. The molecule has 4 nitrogen and oxygen atoms in total. The fourth-order valence-electron chi connectivity index (χ4n) is 3.36. The number of nitrogens with zero attached hydrogens (tertiary/aromatic N) is 3. The highest BCUT2D eigenvalue weighted by molar-refractivity contribution is 7.99. The number of aryl methyl sites for hydroxylation is 1. The maximum absolute atomic E-state index is 12.8. The SMILES string of the molecule is Cc1nc(SCC(=O)N2CCC[C@@H]2c2cccs2)n(CC(C)C)c1C. The average Bonchev–Trinajstić information content (AvgIpc) is 3.29. The highest BCUT2D eigenvalue weighted by atomic mass is 32.2. The fraction of sp³-hybridized carbons (Fsp3) is 0.579. The second kappa shape index (κ2) is 7.96. The predicted octanol–water partition coefficient (Wildman–Crippen LogP) is 4.67. The predicted molar refractivity (Wildman–Crippen MR) is 105 cm³/mol. The van der Waals surface area contributed by atoms with Crippen molar-refractivity contribution in [2.45, 2.75) is 58.3 Å². The van der Waals surface area contributed by atoms with Gasteiger partial charge in [-0.05, 0) is 44.1 Å². The van der Waals surface area contributed by atoms with Crippen LogP contribution in [0.1, 0.15) is 49.0 Å². The van der Waals surface area contributed by atoms with E-state index in [0.29, 0.717) is 11.7 Å². The van der Waals surface area contributed by atoms with Crippen molar-refractivity contribution in [3.05, 3.63) is 33.8 Å². The highest BCUT2D eigenvalue weighted by Gasteiger charge is 2.30. The topological polar surface area (TPSA) is 38.1 Å². The van der Waals surface area contributed by atoms with E-state index in [4.69, 9.17) is 0 Å². The maximum Gasteiger partial charge on any atom is 0.233 e. The lowest BCUT2D eigenvalue weighted by atomic mass is 10.2. The van der Waals surface area contributed by atoms with E-state index in [1.165, 1.54) is 10.6 Å². The van der Waals surface area contributed by atoms with Gasteiger partial charge in [-0.15, -0.1) is 11.3 Å². The van der Waals surface area contributed by atoms with Gasteiger partial charge in [-0.3, -0.25) is 4.79 Å². The normalized spacial score (nSPS) is 17.6. The summed E-state index contributed by atoms with van der Waals surface area (Å²) < 4.78 is 2.26. The summed E-state index contributed by atoms with van der Waals surface area (Å²) in [5.41, 5.74) is 2.27. The Kier molecular flexibility index (Phi) is 5.89. The lowest BCUT2D eigenvalue weighted by molar-refractivity contribution is -0.129. The summed E-state index contributed by atoms with van der Waals surface area (Å²) in [5.74, 6) is 1.26. The first-order chi connectivity index (χ1) is 12.0. The number of thiophene rings is 1. The lowest BCUT2D eigenvalue weighted by Crippen LogP contribution is -2.31. The van der Waals surface area contributed by atoms with Crippen molar-refractivity contribution >= 4 is 29.0 Å². The van der Waals surface area contributed by atoms with Gasteiger partial charge in [0, 0.05) is 23.7 Å². The van der Waals surface area contributed by atoms with Gasteiger partial charge in [-0.1, -0.05) is 31.7 Å². The smallest absolute Gasteiger partial charge is 0.233 e. The number of likely N-dealkylation sites (tertiary alicyclic amines) is 1. The number of hydrogen-bond acceptors (Lipinski definition) is 4. The van der Waals surface area contributed by atoms with E-state index in [0.717, 1.165) is 36.8 Å². The van der Waals surface area contributed by atoms with E-state index in [1.54, 1.807) is 23.1 Å². The average molecular weight is 378 g/mol. The number of thioether (sulfide) groups is 1. The Morgan fingerprint density at radius 2 is 2.24 bits per heavy atom. The number of aromatic nitrogens is 2. The van der Waals surface area contributed by atoms with Gasteiger partial charge in [0.05, 0.1) is 17.5 Å². The summed E-state index contributed by atoms with van der Waals surface area (Å²) >= 11 is 3.34. The minimum atomic E-state index is 0.232. The molecule has 0 radical (unpaired) electrons. The molecule has 0 spiro atoms. The van der Waals surface area contributed by atoms with E-state index < -0.39 is 0 Å². The van der Waals surface area contributed by atoms with Gasteiger partial charge in [0.1, 0.15) is 0 Å². The second-order valence-electron chi connectivity index (χ2n) is 7.12. The number of carbonyl (C=O) groups excluding carboxylic acids is 1. The van der Waals surface area contributed by atoms with Crippen LogP contribution in [-0.4, -0.2) is 32.7 Å². The second-order valence-corrected chi connectivity index (χ2v) is 9.04. The molecule has 0 bridgehead atoms. The summed E-state index contributed by atoms with van der Waals surface area (Å²) in [6.07, 6.45) is 2.18. The van der Waals surface area contributed by atoms with Gasteiger partial charge in [0.2, 0.25) is 5.91 Å². The molecule has 0 aliphatic carbocycles. The zero-order valence-electron chi connectivity index (χ0n) is 15.5. The minimum Gasteiger partial charge on any atom is -0.334 e. The van der Waals surface area contributed by atoms with Crippen molar-refractivity contribution in [3.63, 3.8) is 0 Å². The maximum atomic E-state index is 12.8. The van der Waals surface area contributed by atoms with Crippen molar-refractivity contribution in [3.8, 4) is 0 Å². The van der Waals surface area contributed by atoms with Crippen LogP contribution >= 0.6 is 23.1 Å². The quantitative estimate of drug-likeness (QED) is 0.687. The molecule has 1 aliphatic rings. The molecular weight excluding hydrogens is 350 g/mol. The van der Waals surface area contributed by atoms with Gasteiger partial charge >= 0.3 is 0 Å². The largest absolute Gasteiger partial charge is 0.334 e. The zero-order chi connectivity index (χ0) is 18.0. The van der Waals surface area contributed by atoms with Crippen LogP contribution in [0.4, 0.5) is 0 Å². The van der Waals surface area contributed by atoms with E-state index in [2.05, 4.69) is 52.7 Å². The summed E-state index contributed by atoms with van der Waals surface area (Å²) in [4.78, 5) is 20.9. The van der Waals surface area contributed by atoms with Crippen LogP contribution in [0.15, 0.2) is 22.7 Å². The van der Waals surface area contributed by atoms with Gasteiger partial charge in [0.15, 0.2) is 5.16 Å². The van der Waals surface area contributed by atoms with Crippen LogP contribution in [0, 0.1) is 19.8 Å². The number of carbonyl (C=O) groups is 1. The van der Waals surface area contributed by atoms with E-state index >= 15 is 0 Å². The molecule has 0 aromatic carbocycles. The molecule has 136 valence electrons. The van der Waals surface area contributed by atoms with Crippen LogP contribution < -0.4 is 0 Å². The third kappa shape index (κ3) is 4.11. The van der Waals surface area contributed by atoms with Crippen molar-refractivity contribution in [2.24, 2.45) is 5.92 Å². The van der Waals surface area contributed by atoms with Crippen LogP contribution in [-0.2, 0) is 11.3 Å². The van der Waals surface area contributed by atoms with Crippen LogP contribution in [0.2, 0.25) is 0 Å². The number of rotatable bonds is 6. The molecule has 6 heteroatoms. The number of amides is 1. The monoisotopic (exact) mass is 377 g/mol. The van der Waals surface area contributed by atoms with Crippen LogP contribution in [0.3, 0.4) is 0 Å². The molecule has 1 fully saturated rings. The Balaban J connectivity index is 1.67. The molecule has 1 amide bonds. The molecule has 2 aromatic heterocycles. The first-order valence-electron chi connectivity index (χ1n) is 8.96. The standard InChI is InChI=1S/C19H27N3OS2/c1-13(2)11-22-15(4)14(3)20-19(22)25-12-18(23)21-9-5-7-16(21)17-8-6-10-24-17/h6,8,10,13,16H,5,7,9,11-12H2,1-4H3/t16-/m1/s1. The first kappa shape index (κ1) is 18.5. The molecule has 0 saturated carbocycles. The van der Waals surface area contributed by atoms with Gasteiger partial charge < -0.3 is 9.47 Å². The molecule has 0 unspecified atom stereocenters. The minimum absolute atomic E-state index is 0.232. The summed E-state index contributed by atoms with van der Waals surface area (Å²) in [5, 5.41) is 3.07. The van der Waals surface area contributed by atoms with Crippen molar-refractivity contribution in [2.75, 3.05) is 12.3 Å². The molecule has 1 atom stereocenters. The Morgan fingerprint density at radius 3 is 2.92 bits per heavy atom. The Labute approximate surface area is 158 Å². The number of hydrogen-bond donors (Lipinski definition) is 0. The molecule has 3 heterocycles. The summed E-state index contributed by atoms with van der Waals surface area (Å²) in [6.45, 7) is 10.4. The summed E-state index contributed by atoms with van der Waals surface area (Å²) in [6, 6.07) is 4.49. The van der Waals surface area contributed by atoms with Gasteiger partial charge in [-0.2, -0.15) is 0 Å². The van der Waals surface area contributed by atoms with E-state index in [1.807, 2.05) is 6.92 Å². The fourth-order valence-corrected chi connectivity index (χ4v) is 5.23. The Bertz CT molecular complexity index is 721. The van der Waals surface area contributed by atoms with Crippen LogP contribution in [0.5, 0.6) is 0 Å². The molecule has 25 heavy (non-hydrogen) atoms. The van der Waals surface area contributed by atoms with Gasteiger partial charge in [-0.25, -0.2) is 4.98 Å². The van der Waals surface area contributed by atoms with Crippen molar-refractivity contribution < 1.29 is 4.79 Å². The first-order valence-corrected chi connectivity index (χ1v) is 10.8. The highest BCUT2D eigenvalue weighted by Crippen LogP contribution is 2.35. The Hall–Kier alpha value is -1.27. The van der Waals surface area contributed by atoms with Crippen molar-refractivity contribution in [1.82, 2.24) is 14.5 Å². The van der Waals surface area contributed by atoms with Gasteiger partial charge in [0.25, 0.3) is 0 Å². The molecule has 3 rings (SSSR count). The molecule has 1 saturated heterocycles. The van der Waals surface area contributed by atoms with E-state index in [-0.39, 0.29) is 11.9 Å². The van der Waals surface area contributed by atoms with Crippen LogP contribution in [0.25, 0.3) is 0 Å². The molecular formula is C19H27N3OS2. The summed E-state index contributed by atoms with van der Waals surface area (Å²) in [7, 11) is 0. The lowest BCUT2D eigenvalue weighted by Gasteiger charge is -2.23. The number of imidazole rings is 1. The molecule has 0 N–H and O–H groups in total. The molecule has 2 aromatic rings. The molecule has 1 aliphatic heterocycles. The Morgan fingerprint density at radius 1 is 1.44 bits per heavy atom.